The molecule has 0 radical (unpaired) electrons. The Hall–Kier alpha value is -1.71. The van der Waals surface area contributed by atoms with E-state index in [0.29, 0.717) is 0 Å². The zero-order chi connectivity index (χ0) is 14.2. The summed E-state index contributed by atoms with van der Waals surface area (Å²) in [6.45, 7) is 4.81. The predicted molar refractivity (Wildman–Crippen MR) is 84.8 cm³/mol. The van der Waals surface area contributed by atoms with Gasteiger partial charge in [0, 0.05) is 25.2 Å². The van der Waals surface area contributed by atoms with Crippen molar-refractivity contribution < 1.29 is 4.74 Å². The number of nitrogens with one attached hydrogen (secondary N) is 1. The van der Waals surface area contributed by atoms with Gasteiger partial charge in [-0.1, -0.05) is 24.3 Å². The largest absolute Gasteiger partial charge is 0.383 e. The standard InChI is InChI=1S/C17H22N2O/c1-14(6-4-10-18-12-13-20-2)15-7-3-9-17-16(15)8-5-11-19-17/h3,5-9,11,18H,4,10,12-13H2,1-2H3/b14-6-. The summed E-state index contributed by atoms with van der Waals surface area (Å²) in [5.74, 6) is 0. The van der Waals surface area contributed by atoms with Gasteiger partial charge in [-0.25, -0.2) is 0 Å². The van der Waals surface area contributed by atoms with E-state index >= 15 is 0 Å². The molecule has 2 rings (SSSR count). The van der Waals surface area contributed by atoms with Gasteiger partial charge in [-0.15, -0.1) is 0 Å². The number of hydrogen-bond donors (Lipinski definition) is 1. The van der Waals surface area contributed by atoms with Gasteiger partial charge in [0.05, 0.1) is 12.1 Å². The number of nitrogens with zero attached hydrogens (tertiary/aromatic N) is 1. The molecule has 106 valence electrons. The summed E-state index contributed by atoms with van der Waals surface area (Å²) < 4.78 is 5.00. The van der Waals surface area contributed by atoms with Gasteiger partial charge in [0.15, 0.2) is 0 Å². The number of allylic oxidation sites excluding steroid dienone is 1. The van der Waals surface area contributed by atoms with E-state index in [0.717, 1.165) is 31.6 Å². The number of benzene rings is 1. The highest BCUT2D eigenvalue weighted by atomic mass is 16.5. The summed E-state index contributed by atoms with van der Waals surface area (Å²) in [6.07, 6.45) is 5.14. The molecule has 0 aliphatic heterocycles. The molecule has 0 saturated carbocycles. The van der Waals surface area contributed by atoms with Gasteiger partial charge in [0.1, 0.15) is 0 Å². The number of rotatable bonds is 7. The Balaban J connectivity index is 2.02. The highest BCUT2D eigenvalue weighted by molar-refractivity contribution is 5.91. The van der Waals surface area contributed by atoms with Crippen LogP contribution in [0.15, 0.2) is 42.6 Å². The molecular formula is C17H22N2O. The predicted octanol–water partition coefficient (Wildman–Crippen LogP) is 3.26. The first-order valence-corrected chi connectivity index (χ1v) is 7.03. The number of pyridine rings is 1. The second-order valence-electron chi connectivity index (χ2n) is 4.79. The summed E-state index contributed by atoms with van der Waals surface area (Å²) in [6, 6.07) is 10.4. The van der Waals surface area contributed by atoms with Crippen LogP contribution in [0.25, 0.3) is 16.5 Å². The summed E-state index contributed by atoms with van der Waals surface area (Å²) in [7, 11) is 1.72. The van der Waals surface area contributed by atoms with E-state index in [-0.39, 0.29) is 0 Å². The van der Waals surface area contributed by atoms with Crippen LogP contribution in [-0.4, -0.2) is 31.8 Å². The Bertz CT molecular complexity index is 573. The lowest BCUT2D eigenvalue weighted by atomic mass is 10.0. The number of methoxy groups -OCH3 is 1. The van der Waals surface area contributed by atoms with Crippen molar-refractivity contribution in [2.45, 2.75) is 13.3 Å². The maximum Gasteiger partial charge on any atom is 0.0708 e. The van der Waals surface area contributed by atoms with Gasteiger partial charge >= 0.3 is 0 Å². The van der Waals surface area contributed by atoms with Crippen LogP contribution >= 0.6 is 0 Å². The number of ether oxygens (including phenoxy) is 1. The minimum absolute atomic E-state index is 0.762. The molecule has 0 aliphatic carbocycles. The minimum Gasteiger partial charge on any atom is -0.383 e. The average molecular weight is 270 g/mol. The van der Waals surface area contributed by atoms with Gasteiger partial charge in [-0.3, -0.25) is 4.98 Å². The fraction of sp³-hybridized carbons (Fsp3) is 0.353. The van der Waals surface area contributed by atoms with Crippen molar-refractivity contribution in [3.63, 3.8) is 0 Å². The van der Waals surface area contributed by atoms with E-state index in [9.17, 15) is 0 Å². The summed E-state index contributed by atoms with van der Waals surface area (Å²) in [4.78, 5) is 4.40. The molecule has 3 heteroatoms. The van der Waals surface area contributed by atoms with Crippen molar-refractivity contribution >= 4 is 16.5 Å². The van der Waals surface area contributed by atoms with Gasteiger partial charge in [-0.2, -0.15) is 0 Å². The Kier molecular flexibility index (Phi) is 5.71. The lowest BCUT2D eigenvalue weighted by Gasteiger charge is -2.07. The average Bonchev–Trinajstić information content (AvgIpc) is 2.50. The molecule has 0 amide bonds. The first-order chi connectivity index (χ1) is 9.83. The maximum absolute atomic E-state index is 5.00. The lowest BCUT2D eigenvalue weighted by Crippen LogP contribution is -2.19. The van der Waals surface area contributed by atoms with Gasteiger partial charge in [0.25, 0.3) is 0 Å². The Labute approximate surface area is 120 Å². The monoisotopic (exact) mass is 270 g/mol. The van der Waals surface area contributed by atoms with Crippen LogP contribution in [0.4, 0.5) is 0 Å². The van der Waals surface area contributed by atoms with Crippen molar-refractivity contribution in [2.75, 3.05) is 26.8 Å². The van der Waals surface area contributed by atoms with Crippen molar-refractivity contribution in [1.29, 1.82) is 0 Å². The molecule has 1 aromatic carbocycles. The van der Waals surface area contributed by atoms with Crippen LogP contribution in [0, 0.1) is 0 Å². The molecule has 0 atom stereocenters. The SMILES string of the molecule is COCCNCC/C=C(/C)c1cccc2ncccc12. The first kappa shape index (κ1) is 14.7. The fourth-order valence-corrected chi connectivity index (χ4v) is 2.25. The molecule has 0 unspecified atom stereocenters. The molecule has 20 heavy (non-hydrogen) atoms. The molecular weight excluding hydrogens is 248 g/mol. The normalized spacial score (nSPS) is 12.0. The van der Waals surface area contributed by atoms with Crippen LogP contribution in [0.5, 0.6) is 0 Å². The molecule has 3 nitrogen and oxygen atoms in total. The summed E-state index contributed by atoms with van der Waals surface area (Å²) in [5, 5.41) is 4.57. The highest BCUT2D eigenvalue weighted by Crippen LogP contribution is 2.23. The smallest absolute Gasteiger partial charge is 0.0708 e. The molecule has 0 saturated heterocycles. The van der Waals surface area contributed by atoms with Crippen LogP contribution in [-0.2, 0) is 4.74 Å². The quantitative estimate of drug-likeness (QED) is 0.784. The third-order valence-electron chi connectivity index (χ3n) is 3.33. The van der Waals surface area contributed by atoms with Crippen LogP contribution < -0.4 is 5.32 Å². The summed E-state index contributed by atoms with van der Waals surface area (Å²) in [5.41, 5.74) is 3.63. The minimum atomic E-state index is 0.762. The van der Waals surface area contributed by atoms with Gasteiger partial charge in [-0.05, 0) is 43.2 Å². The van der Waals surface area contributed by atoms with Crippen molar-refractivity contribution in [3.8, 4) is 0 Å². The number of aromatic nitrogens is 1. The fourth-order valence-electron chi connectivity index (χ4n) is 2.25. The third kappa shape index (κ3) is 3.89. The Morgan fingerprint density at radius 3 is 3.00 bits per heavy atom. The second-order valence-corrected chi connectivity index (χ2v) is 4.79. The lowest BCUT2D eigenvalue weighted by molar-refractivity contribution is 0.199. The van der Waals surface area contributed by atoms with Crippen LogP contribution in [0.3, 0.4) is 0 Å². The molecule has 1 heterocycles. The van der Waals surface area contributed by atoms with E-state index in [4.69, 9.17) is 4.74 Å². The van der Waals surface area contributed by atoms with Crippen molar-refractivity contribution in [1.82, 2.24) is 10.3 Å². The van der Waals surface area contributed by atoms with E-state index in [1.54, 1.807) is 7.11 Å². The van der Waals surface area contributed by atoms with Crippen molar-refractivity contribution in [2.24, 2.45) is 0 Å². The zero-order valence-corrected chi connectivity index (χ0v) is 12.2. The number of hydrogen-bond acceptors (Lipinski definition) is 3. The van der Waals surface area contributed by atoms with Crippen LogP contribution in [0.1, 0.15) is 18.9 Å². The van der Waals surface area contributed by atoms with Gasteiger partial charge < -0.3 is 10.1 Å². The van der Waals surface area contributed by atoms with E-state index in [1.165, 1.54) is 16.5 Å². The molecule has 1 aromatic heterocycles. The molecule has 1 N–H and O–H groups in total. The third-order valence-corrected chi connectivity index (χ3v) is 3.33. The Morgan fingerprint density at radius 2 is 2.15 bits per heavy atom. The molecule has 0 spiro atoms. The Morgan fingerprint density at radius 1 is 1.25 bits per heavy atom. The topological polar surface area (TPSA) is 34.1 Å². The second kappa shape index (κ2) is 7.78. The maximum atomic E-state index is 5.00. The van der Waals surface area contributed by atoms with E-state index in [2.05, 4.69) is 47.6 Å². The molecule has 0 fully saturated rings. The van der Waals surface area contributed by atoms with Crippen LogP contribution in [0.2, 0.25) is 0 Å². The zero-order valence-electron chi connectivity index (χ0n) is 12.2. The van der Waals surface area contributed by atoms with E-state index < -0.39 is 0 Å². The molecule has 0 bridgehead atoms. The summed E-state index contributed by atoms with van der Waals surface area (Å²) >= 11 is 0. The highest BCUT2D eigenvalue weighted by Gasteiger charge is 2.02. The number of fused-ring (bicyclic) bond motifs is 1. The first-order valence-electron chi connectivity index (χ1n) is 7.03. The van der Waals surface area contributed by atoms with Crippen molar-refractivity contribution in [3.05, 3.63) is 48.2 Å². The molecule has 2 aromatic rings. The molecule has 0 aliphatic rings. The van der Waals surface area contributed by atoms with E-state index in [1.807, 2.05) is 12.3 Å². The van der Waals surface area contributed by atoms with Gasteiger partial charge in [0.2, 0.25) is 0 Å².